The number of hydrogen-bond donors (Lipinski definition) is 1. The van der Waals surface area contributed by atoms with E-state index < -0.39 is 0 Å². The summed E-state index contributed by atoms with van der Waals surface area (Å²) >= 11 is 0. The number of nitriles is 1. The summed E-state index contributed by atoms with van der Waals surface area (Å²) in [5.41, 5.74) is 0.442. The zero-order chi connectivity index (χ0) is 17.1. The molecule has 0 unspecified atom stereocenters. The fourth-order valence-corrected chi connectivity index (χ4v) is 4.39. The second kappa shape index (κ2) is 7.28. The first-order valence-electron chi connectivity index (χ1n) is 9.32. The van der Waals surface area contributed by atoms with Crippen molar-refractivity contribution in [2.45, 2.75) is 37.3 Å². The van der Waals surface area contributed by atoms with Crippen molar-refractivity contribution in [3.05, 3.63) is 23.9 Å². The monoisotopic (exact) mass is 342 g/mol. The SMILES string of the molecule is N#Cc1cccc(N[C@H]2CO[C@@]3(CCN(CC4CCOCC4)C3)C2)n1. The van der Waals surface area contributed by atoms with Crippen LogP contribution < -0.4 is 5.32 Å². The Morgan fingerprint density at radius 3 is 3.08 bits per heavy atom. The van der Waals surface area contributed by atoms with Crippen LogP contribution >= 0.6 is 0 Å². The molecule has 0 aliphatic carbocycles. The summed E-state index contributed by atoms with van der Waals surface area (Å²) in [5.74, 6) is 1.54. The fourth-order valence-electron chi connectivity index (χ4n) is 4.39. The maximum atomic E-state index is 8.98. The van der Waals surface area contributed by atoms with Crippen LogP contribution in [0.2, 0.25) is 0 Å². The first-order chi connectivity index (χ1) is 12.2. The lowest BCUT2D eigenvalue weighted by atomic mass is 9.97. The Bertz CT molecular complexity index is 641. The molecule has 6 nitrogen and oxygen atoms in total. The summed E-state index contributed by atoms with van der Waals surface area (Å²) in [6.45, 7) is 5.89. The van der Waals surface area contributed by atoms with Gasteiger partial charge in [-0.25, -0.2) is 4.98 Å². The van der Waals surface area contributed by atoms with E-state index in [1.807, 2.05) is 12.1 Å². The number of nitrogens with zero attached hydrogens (tertiary/aromatic N) is 3. The van der Waals surface area contributed by atoms with E-state index in [-0.39, 0.29) is 11.6 Å². The molecular formula is C19H26N4O2. The van der Waals surface area contributed by atoms with Gasteiger partial charge in [0.25, 0.3) is 0 Å². The van der Waals surface area contributed by atoms with Crippen LogP contribution in [0.25, 0.3) is 0 Å². The van der Waals surface area contributed by atoms with E-state index in [2.05, 4.69) is 21.3 Å². The van der Waals surface area contributed by atoms with Gasteiger partial charge >= 0.3 is 0 Å². The molecule has 4 heterocycles. The molecular weight excluding hydrogens is 316 g/mol. The number of hydrogen-bond acceptors (Lipinski definition) is 6. The Morgan fingerprint density at radius 2 is 2.24 bits per heavy atom. The maximum Gasteiger partial charge on any atom is 0.142 e. The van der Waals surface area contributed by atoms with E-state index in [4.69, 9.17) is 14.7 Å². The minimum absolute atomic E-state index is 0.00429. The average molecular weight is 342 g/mol. The van der Waals surface area contributed by atoms with E-state index in [1.165, 1.54) is 19.4 Å². The molecule has 0 radical (unpaired) electrons. The van der Waals surface area contributed by atoms with Gasteiger partial charge in [-0.2, -0.15) is 5.26 Å². The topological polar surface area (TPSA) is 70.4 Å². The second-order valence-electron chi connectivity index (χ2n) is 7.60. The van der Waals surface area contributed by atoms with E-state index in [0.717, 1.165) is 50.9 Å². The molecule has 2 atom stereocenters. The molecule has 3 aliphatic heterocycles. The van der Waals surface area contributed by atoms with Crippen LogP contribution in [0.1, 0.15) is 31.4 Å². The molecule has 1 N–H and O–H groups in total. The highest BCUT2D eigenvalue weighted by Crippen LogP contribution is 2.36. The Kier molecular flexibility index (Phi) is 4.89. The van der Waals surface area contributed by atoms with Crippen molar-refractivity contribution in [2.24, 2.45) is 5.92 Å². The lowest BCUT2D eigenvalue weighted by molar-refractivity contribution is 0.00796. The normalized spacial score (nSPS) is 30.6. The second-order valence-corrected chi connectivity index (χ2v) is 7.60. The van der Waals surface area contributed by atoms with Gasteiger partial charge in [-0.1, -0.05) is 6.07 Å². The molecule has 6 heteroatoms. The predicted octanol–water partition coefficient (Wildman–Crippen LogP) is 2.03. The highest BCUT2D eigenvalue weighted by atomic mass is 16.5. The minimum atomic E-state index is -0.00429. The van der Waals surface area contributed by atoms with Crippen molar-refractivity contribution in [1.82, 2.24) is 9.88 Å². The zero-order valence-electron chi connectivity index (χ0n) is 14.6. The van der Waals surface area contributed by atoms with Gasteiger partial charge in [0.1, 0.15) is 17.6 Å². The Balaban J connectivity index is 1.30. The summed E-state index contributed by atoms with van der Waals surface area (Å²) in [6.07, 6.45) is 4.50. The summed E-state index contributed by atoms with van der Waals surface area (Å²) in [6, 6.07) is 7.86. The molecule has 1 spiro atoms. The molecule has 0 saturated carbocycles. The molecule has 1 aromatic rings. The lowest BCUT2D eigenvalue weighted by Gasteiger charge is -2.28. The van der Waals surface area contributed by atoms with E-state index in [0.29, 0.717) is 12.3 Å². The number of nitrogens with one attached hydrogen (secondary N) is 1. The van der Waals surface area contributed by atoms with Crippen molar-refractivity contribution in [2.75, 3.05) is 44.8 Å². The van der Waals surface area contributed by atoms with E-state index in [9.17, 15) is 0 Å². The van der Waals surface area contributed by atoms with Crippen LogP contribution in [0.4, 0.5) is 5.82 Å². The standard InChI is InChI=1S/C19H26N4O2/c20-11-16-2-1-3-18(21-16)22-17-10-19(25-13-17)6-7-23(14-19)12-15-4-8-24-9-5-15/h1-3,15,17H,4-10,12-14H2,(H,21,22)/t17-,19+/m1/s1. The smallest absolute Gasteiger partial charge is 0.142 e. The van der Waals surface area contributed by atoms with Gasteiger partial charge in [0.15, 0.2) is 0 Å². The maximum absolute atomic E-state index is 8.98. The van der Waals surface area contributed by atoms with Gasteiger partial charge in [-0.15, -0.1) is 0 Å². The highest BCUT2D eigenvalue weighted by Gasteiger charge is 2.45. The number of likely N-dealkylation sites (tertiary alicyclic amines) is 1. The van der Waals surface area contributed by atoms with Gasteiger partial charge in [-0.05, 0) is 37.3 Å². The third kappa shape index (κ3) is 3.95. The van der Waals surface area contributed by atoms with E-state index >= 15 is 0 Å². The molecule has 25 heavy (non-hydrogen) atoms. The van der Waals surface area contributed by atoms with E-state index in [1.54, 1.807) is 6.07 Å². The lowest BCUT2D eigenvalue weighted by Crippen LogP contribution is -2.36. The molecule has 0 aromatic carbocycles. The van der Waals surface area contributed by atoms with Gasteiger partial charge in [0.05, 0.1) is 18.2 Å². The van der Waals surface area contributed by atoms with Crippen LogP contribution in [-0.2, 0) is 9.47 Å². The molecule has 4 rings (SSSR count). The van der Waals surface area contributed by atoms with Gasteiger partial charge in [-0.3, -0.25) is 0 Å². The van der Waals surface area contributed by atoms with Crippen LogP contribution in [0.5, 0.6) is 0 Å². The minimum Gasteiger partial charge on any atom is -0.381 e. The molecule has 0 amide bonds. The van der Waals surface area contributed by atoms with Crippen molar-refractivity contribution < 1.29 is 9.47 Å². The first-order valence-corrected chi connectivity index (χ1v) is 9.32. The van der Waals surface area contributed by atoms with Crippen molar-refractivity contribution in [3.8, 4) is 6.07 Å². The van der Waals surface area contributed by atoms with Crippen LogP contribution in [0, 0.1) is 17.2 Å². The molecule has 1 aromatic heterocycles. The quantitative estimate of drug-likeness (QED) is 0.903. The molecule has 134 valence electrons. The number of pyridine rings is 1. The largest absolute Gasteiger partial charge is 0.381 e. The summed E-state index contributed by atoms with van der Waals surface area (Å²) in [7, 11) is 0. The Labute approximate surface area is 149 Å². The fraction of sp³-hybridized carbons (Fsp3) is 0.684. The number of anilines is 1. The molecule has 3 aliphatic rings. The summed E-state index contributed by atoms with van der Waals surface area (Å²) in [4.78, 5) is 6.89. The van der Waals surface area contributed by atoms with Gasteiger partial charge in [0, 0.05) is 39.3 Å². The highest BCUT2D eigenvalue weighted by molar-refractivity contribution is 5.39. The average Bonchev–Trinajstić information content (AvgIpc) is 3.22. The van der Waals surface area contributed by atoms with Crippen LogP contribution in [0.3, 0.4) is 0 Å². The van der Waals surface area contributed by atoms with Crippen LogP contribution in [0.15, 0.2) is 18.2 Å². The summed E-state index contributed by atoms with van der Waals surface area (Å²) in [5, 5.41) is 12.4. The Morgan fingerprint density at radius 1 is 1.36 bits per heavy atom. The van der Waals surface area contributed by atoms with Crippen molar-refractivity contribution in [3.63, 3.8) is 0 Å². The number of rotatable bonds is 4. The Hall–Kier alpha value is -1.68. The van der Waals surface area contributed by atoms with Gasteiger partial charge in [0.2, 0.25) is 0 Å². The van der Waals surface area contributed by atoms with Crippen LogP contribution in [-0.4, -0.2) is 61.0 Å². The van der Waals surface area contributed by atoms with Crippen molar-refractivity contribution in [1.29, 1.82) is 5.26 Å². The first kappa shape index (κ1) is 16.8. The third-order valence-electron chi connectivity index (χ3n) is 5.68. The van der Waals surface area contributed by atoms with Crippen molar-refractivity contribution >= 4 is 5.82 Å². The number of ether oxygens (including phenoxy) is 2. The molecule has 3 fully saturated rings. The predicted molar refractivity (Wildman–Crippen MR) is 94.3 cm³/mol. The zero-order valence-corrected chi connectivity index (χ0v) is 14.6. The summed E-state index contributed by atoms with van der Waals surface area (Å²) < 4.78 is 11.7. The third-order valence-corrected chi connectivity index (χ3v) is 5.68. The molecule has 0 bridgehead atoms. The van der Waals surface area contributed by atoms with Gasteiger partial charge < -0.3 is 19.7 Å². The molecule has 3 saturated heterocycles. The number of aromatic nitrogens is 1.